The van der Waals surface area contributed by atoms with Crippen LogP contribution in [0.3, 0.4) is 0 Å². The number of aliphatic carboxylic acids is 1. The Hall–Kier alpha value is -1.40. The minimum absolute atomic E-state index is 0.0632. The van der Waals surface area contributed by atoms with Crippen molar-refractivity contribution in [1.82, 2.24) is 4.90 Å². The van der Waals surface area contributed by atoms with Crippen LogP contribution in [0, 0.1) is 5.41 Å². The van der Waals surface area contributed by atoms with Crippen LogP contribution in [0.15, 0.2) is 16.8 Å². The monoisotopic (exact) mass is 339 g/mol. The van der Waals surface area contributed by atoms with Crippen LogP contribution in [0.4, 0.5) is 0 Å². The number of amides is 1. The largest absolute Gasteiger partial charge is 0.481 e. The first-order chi connectivity index (χ1) is 11.1. The average Bonchev–Trinajstić information content (AvgIpc) is 3.06. The lowest BCUT2D eigenvalue weighted by atomic mass is 9.76. The van der Waals surface area contributed by atoms with Crippen molar-refractivity contribution in [1.29, 1.82) is 0 Å². The Kier molecular flexibility index (Phi) is 6.59. The molecule has 128 valence electrons. The van der Waals surface area contributed by atoms with Crippen molar-refractivity contribution in [2.45, 2.75) is 38.5 Å². The second-order valence-electron chi connectivity index (χ2n) is 6.23. The SMILES string of the molecule is COCCCC1(C(=O)O)CCCN(C(=O)CCc2ccsc2)C1. The van der Waals surface area contributed by atoms with Crippen molar-refractivity contribution < 1.29 is 19.4 Å². The number of hydrogen-bond acceptors (Lipinski definition) is 4. The van der Waals surface area contributed by atoms with E-state index >= 15 is 0 Å². The number of rotatable bonds is 8. The number of carboxylic acid groups (broad SMARTS) is 1. The van der Waals surface area contributed by atoms with Crippen molar-refractivity contribution in [3.8, 4) is 0 Å². The number of nitrogens with zero attached hydrogens (tertiary/aromatic N) is 1. The minimum Gasteiger partial charge on any atom is -0.481 e. The van der Waals surface area contributed by atoms with Crippen molar-refractivity contribution >= 4 is 23.2 Å². The molecule has 1 aromatic heterocycles. The summed E-state index contributed by atoms with van der Waals surface area (Å²) in [4.78, 5) is 26.0. The molecule has 1 atom stereocenters. The molecule has 0 radical (unpaired) electrons. The fourth-order valence-electron chi connectivity index (χ4n) is 3.23. The van der Waals surface area contributed by atoms with E-state index in [1.54, 1.807) is 23.3 Å². The number of ether oxygens (including phenoxy) is 1. The molecule has 1 N–H and O–H groups in total. The average molecular weight is 339 g/mol. The van der Waals surface area contributed by atoms with Gasteiger partial charge in [0.2, 0.25) is 5.91 Å². The van der Waals surface area contributed by atoms with Gasteiger partial charge in [-0.2, -0.15) is 11.3 Å². The van der Waals surface area contributed by atoms with Gasteiger partial charge in [0, 0.05) is 33.2 Å². The van der Waals surface area contributed by atoms with Crippen LogP contribution in [-0.2, 0) is 20.7 Å². The van der Waals surface area contributed by atoms with E-state index in [9.17, 15) is 14.7 Å². The van der Waals surface area contributed by atoms with E-state index in [1.807, 2.05) is 11.4 Å². The smallest absolute Gasteiger partial charge is 0.311 e. The Morgan fingerprint density at radius 2 is 2.30 bits per heavy atom. The molecule has 2 heterocycles. The molecule has 1 saturated heterocycles. The van der Waals surface area contributed by atoms with Crippen molar-refractivity contribution in [3.05, 3.63) is 22.4 Å². The van der Waals surface area contributed by atoms with Gasteiger partial charge in [-0.25, -0.2) is 0 Å². The molecule has 1 aliphatic rings. The number of methoxy groups -OCH3 is 1. The van der Waals surface area contributed by atoms with Crippen molar-refractivity contribution in [2.75, 3.05) is 26.8 Å². The molecule has 1 unspecified atom stereocenters. The zero-order valence-electron chi connectivity index (χ0n) is 13.6. The molecular formula is C17H25NO4S. The lowest BCUT2D eigenvalue weighted by Gasteiger charge is -2.40. The van der Waals surface area contributed by atoms with Gasteiger partial charge in [0.05, 0.1) is 5.41 Å². The molecule has 1 aliphatic heterocycles. The van der Waals surface area contributed by atoms with Gasteiger partial charge in [-0.3, -0.25) is 9.59 Å². The normalized spacial score (nSPS) is 21.3. The molecule has 0 bridgehead atoms. The zero-order chi connectivity index (χ0) is 16.7. The summed E-state index contributed by atoms with van der Waals surface area (Å²) in [5.74, 6) is -0.725. The maximum Gasteiger partial charge on any atom is 0.311 e. The Morgan fingerprint density at radius 1 is 1.48 bits per heavy atom. The molecule has 6 heteroatoms. The van der Waals surface area contributed by atoms with Crippen LogP contribution in [0.1, 0.15) is 37.7 Å². The number of carbonyl (C=O) groups is 2. The lowest BCUT2D eigenvalue weighted by Crippen LogP contribution is -2.50. The molecular weight excluding hydrogens is 314 g/mol. The highest BCUT2D eigenvalue weighted by Crippen LogP contribution is 2.35. The molecule has 1 fully saturated rings. The summed E-state index contributed by atoms with van der Waals surface area (Å²) in [7, 11) is 1.62. The third-order valence-electron chi connectivity index (χ3n) is 4.59. The van der Waals surface area contributed by atoms with Gasteiger partial charge in [-0.1, -0.05) is 0 Å². The number of aryl methyl sites for hydroxylation is 1. The predicted molar refractivity (Wildman–Crippen MR) is 89.6 cm³/mol. The summed E-state index contributed by atoms with van der Waals surface area (Å²) >= 11 is 1.63. The molecule has 1 aromatic rings. The second-order valence-corrected chi connectivity index (χ2v) is 7.01. The maximum atomic E-state index is 12.4. The van der Waals surface area contributed by atoms with E-state index in [0.29, 0.717) is 45.4 Å². The summed E-state index contributed by atoms with van der Waals surface area (Å²) in [6, 6.07) is 2.03. The van der Waals surface area contributed by atoms with Gasteiger partial charge in [0.25, 0.3) is 0 Å². The second kappa shape index (κ2) is 8.45. The molecule has 0 aromatic carbocycles. The van der Waals surface area contributed by atoms with Gasteiger partial charge in [0.1, 0.15) is 0 Å². The summed E-state index contributed by atoms with van der Waals surface area (Å²) in [5.41, 5.74) is 0.361. The van der Waals surface area contributed by atoms with Crippen molar-refractivity contribution in [2.24, 2.45) is 5.41 Å². The third-order valence-corrected chi connectivity index (χ3v) is 5.33. The van der Waals surface area contributed by atoms with Crippen LogP contribution in [0.25, 0.3) is 0 Å². The first kappa shape index (κ1) is 17.9. The fraction of sp³-hybridized carbons (Fsp3) is 0.647. The number of likely N-dealkylation sites (tertiary alicyclic amines) is 1. The number of piperidine rings is 1. The van der Waals surface area contributed by atoms with Gasteiger partial charge in [-0.05, 0) is 54.5 Å². The molecule has 0 saturated carbocycles. The van der Waals surface area contributed by atoms with Crippen LogP contribution < -0.4 is 0 Å². The fourth-order valence-corrected chi connectivity index (χ4v) is 3.93. The maximum absolute atomic E-state index is 12.4. The van der Waals surface area contributed by atoms with Crippen LogP contribution in [0.5, 0.6) is 0 Å². The summed E-state index contributed by atoms with van der Waals surface area (Å²) in [5, 5.41) is 13.7. The van der Waals surface area contributed by atoms with E-state index in [0.717, 1.165) is 12.8 Å². The molecule has 0 spiro atoms. The third kappa shape index (κ3) is 4.78. The summed E-state index contributed by atoms with van der Waals surface area (Å²) in [6.07, 6.45) is 3.83. The Morgan fingerprint density at radius 3 is 2.96 bits per heavy atom. The van der Waals surface area contributed by atoms with E-state index in [-0.39, 0.29) is 5.91 Å². The highest BCUT2D eigenvalue weighted by atomic mass is 32.1. The topological polar surface area (TPSA) is 66.8 Å². The van der Waals surface area contributed by atoms with E-state index in [1.165, 1.54) is 5.56 Å². The van der Waals surface area contributed by atoms with Gasteiger partial charge in [-0.15, -0.1) is 0 Å². The van der Waals surface area contributed by atoms with Gasteiger partial charge in [0.15, 0.2) is 0 Å². The van der Waals surface area contributed by atoms with Crippen LogP contribution in [0.2, 0.25) is 0 Å². The zero-order valence-corrected chi connectivity index (χ0v) is 14.4. The molecule has 5 nitrogen and oxygen atoms in total. The predicted octanol–water partition coefficient (Wildman–Crippen LogP) is 2.80. The number of hydrogen-bond donors (Lipinski definition) is 1. The van der Waals surface area contributed by atoms with E-state index in [4.69, 9.17) is 4.74 Å². The molecule has 1 amide bonds. The van der Waals surface area contributed by atoms with Crippen molar-refractivity contribution in [3.63, 3.8) is 0 Å². The first-order valence-electron chi connectivity index (χ1n) is 8.08. The number of carboxylic acids is 1. The highest BCUT2D eigenvalue weighted by Gasteiger charge is 2.42. The minimum atomic E-state index is -0.811. The highest BCUT2D eigenvalue weighted by molar-refractivity contribution is 7.07. The molecule has 0 aliphatic carbocycles. The van der Waals surface area contributed by atoms with Crippen LogP contribution >= 0.6 is 11.3 Å². The Bertz CT molecular complexity index is 517. The van der Waals surface area contributed by atoms with E-state index in [2.05, 4.69) is 5.38 Å². The Labute approximate surface area is 141 Å². The van der Waals surface area contributed by atoms with Gasteiger partial charge < -0.3 is 14.7 Å². The Balaban J connectivity index is 1.93. The van der Waals surface area contributed by atoms with Gasteiger partial charge >= 0.3 is 5.97 Å². The lowest BCUT2D eigenvalue weighted by molar-refractivity contribution is -0.155. The number of carbonyl (C=O) groups excluding carboxylic acids is 1. The summed E-state index contributed by atoms with van der Waals surface area (Å²) < 4.78 is 5.04. The standard InChI is InChI=1S/C17H25NO4S/c1-22-10-3-8-17(16(20)21)7-2-9-18(13-17)15(19)5-4-14-6-11-23-12-14/h6,11-12H,2-5,7-10,13H2,1H3,(H,20,21). The molecule has 23 heavy (non-hydrogen) atoms. The summed E-state index contributed by atoms with van der Waals surface area (Å²) in [6.45, 7) is 1.55. The van der Waals surface area contributed by atoms with E-state index < -0.39 is 11.4 Å². The quantitative estimate of drug-likeness (QED) is 0.740. The van der Waals surface area contributed by atoms with Crippen LogP contribution in [-0.4, -0.2) is 48.7 Å². The molecule has 2 rings (SSSR count). The number of thiophene rings is 1. The first-order valence-corrected chi connectivity index (χ1v) is 9.03.